The molecule has 1 aromatic heterocycles. The second-order valence-electron chi connectivity index (χ2n) is 5.13. The van der Waals surface area contributed by atoms with Crippen molar-refractivity contribution in [3.8, 4) is 5.75 Å². The van der Waals surface area contributed by atoms with Gasteiger partial charge in [0.05, 0.1) is 5.52 Å². The van der Waals surface area contributed by atoms with Crippen LogP contribution < -0.4 is 10.5 Å². The van der Waals surface area contributed by atoms with Crippen LogP contribution in [0.15, 0.2) is 66.9 Å². The Bertz CT molecular complexity index is 720. The number of nitrogens with two attached hydrogens (primary N) is 1. The SMILES string of the molecule is CC(N)C(Oc1cccc2ncccc12)c1ccccc1. The van der Waals surface area contributed by atoms with E-state index in [1.807, 2.05) is 67.6 Å². The average molecular weight is 278 g/mol. The van der Waals surface area contributed by atoms with Crippen molar-refractivity contribution in [1.82, 2.24) is 4.98 Å². The van der Waals surface area contributed by atoms with Crippen LogP contribution in [0.1, 0.15) is 18.6 Å². The van der Waals surface area contributed by atoms with Gasteiger partial charge in [-0.2, -0.15) is 0 Å². The summed E-state index contributed by atoms with van der Waals surface area (Å²) in [5, 5.41) is 1.00. The summed E-state index contributed by atoms with van der Waals surface area (Å²) in [7, 11) is 0. The third-order valence-corrected chi connectivity index (χ3v) is 3.47. The predicted molar refractivity (Wildman–Crippen MR) is 85.2 cm³/mol. The summed E-state index contributed by atoms with van der Waals surface area (Å²) < 4.78 is 6.21. The summed E-state index contributed by atoms with van der Waals surface area (Å²) in [5.41, 5.74) is 8.12. The largest absolute Gasteiger partial charge is 0.483 e. The van der Waals surface area contributed by atoms with Crippen LogP contribution in [0.5, 0.6) is 5.75 Å². The standard InChI is InChI=1S/C18H18N2O/c1-13(19)18(14-7-3-2-4-8-14)21-17-11-5-10-16-15(17)9-6-12-20-16/h2-13,18H,19H2,1H3. The first-order valence-corrected chi connectivity index (χ1v) is 7.06. The molecule has 0 aliphatic carbocycles. The second kappa shape index (κ2) is 5.94. The molecule has 1 heterocycles. The number of nitrogens with zero attached hydrogens (tertiary/aromatic N) is 1. The van der Waals surface area contributed by atoms with Crippen molar-refractivity contribution in [2.24, 2.45) is 5.73 Å². The van der Waals surface area contributed by atoms with Crippen molar-refractivity contribution in [2.75, 3.05) is 0 Å². The Labute approximate surface area is 124 Å². The molecule has 0 saturated heterocycles. The molecule has 3 rings (SSSR count). The summed E-state index contributed by atoms with van der Waals surface area (Å²) in [6.07, 6.45) is 1.60. The maximum absolute atomic E-state index is 6.21. The highest BCUT2D eigenvalue weighted by molar-refractivity contribution is 5.84. The first-order chi connectivity index (χ1) is 10.3. The van der Waals surface area contributed by atoms with E-state index < -0.39 is 0 Å². The second-order valence-corrected chi connectivity index (χ2v) is 5.13. The van der Waals surface area contributed by atoms with E-state index in [1.165, 1.54) is 0 Å². The molecule has 21 heavy (non-hydrogen) atoms. The van der Waals surface area contributed by atoms with Gasteiger partial charge in [0.1, 0.15) is 11.9 Å². The molecule has 0 aliphatic heterocycles. The van der Waals surface area contributed by atoms with Gasteiger partial charge < -0.3 is 10.5 Å². The van der Waals surface area contributed by atoms with Crippen molar-refractivity contribution in [1.29, 1.82) is 0 Å². The molecular formula is C18H18N2O. The van der Waals surface area contributed by atoms with Gasteiger partial charge in [-0.3, -0.25) is 4.98 Å². The van der Waals surface area contributed by atoms with Gasteiger partial charge in [0.25, 0.3) is 0 Å². The van der Waals surface area contributed by atoms with Gasteiger partial charge in [0.15, 0.2) is 0 Å². The number of fused-ring (bicyclic) bond motifs is 1. The number of hydrogen-bond acceptors (Lipinski definition) is 3. The molecule has 0 spiro atoms. The number of aromatic nitrogens is 1. The molecule has 2 N–H and O–H groups in total. The summed E-state index contributed by atoms with van der Waals surface area (Å²) in [5.74, 6) is 0.812. The van der Waals surface area contributed by atoms with Crippen molar-refractivity contribution >= 4 is 10.9 Å². The summed E-state index contributed by atoms with van der Waals surface area (Å²) >= 11 is 0. The Hall–Kier alpha value is -2.39. The molecule has 2 atom stereocenters. The predicted octanol–water partition coefficient (Wildman–Crippen LogP) is 3.70. The lowest BCUT2D eigenvalue weighted by Crippen LogP contribution is -2.29. The van der Waals surface area contributed by atoms with E-state index in [1.54, 1.807) is 6.20 Å². The van der Waals surface area contributed by atoms with E-state index in [0.717, 1.165) is 22.2 Å². The third-order valence-electron chi connectivity index (χ3n) is 3.47. The normalized spacial score (nSPS) is 13.8. The van der Waals surface area contributed by atoms with Crippen LogP contribution in [0, 0.1) is 0 Å². The van der Waals surface area contributed by atoms with Gasteiger partial charge in [-0.05, 0) is 36.8 Å². The zero-order valence-corrected chi connectivity index (χ0v) is 11.9. The van der Waals surface area contributed by atoms with Crippen LogP contribution in [0.3, 0.4) is 0 Å². The molecular weight excluding hydrogens is 260 g/mol. The lowest BCUT2D eigenvalue weighted by atomic mass is 10.0. The van der Waals surface area contributed by atoms with Gasteiger partial charge in [0, 0.05) is 17.6 Å². The molecule has 3 nitrogen and oxygen atoms in total. The fraction of sp³-hybridized carbons (Fsp3) is 0.167. The minimum absolute atomic E-state index is 0.112. The van der Waals surface area contributed by atoms with Gasteiger partial charge in [-0.1, -0.05) is 36.4 Å². The maximum atomic E-state index is 6.21. The molecule has 0 saturated carbocycles. The Morgan fingerprint density at radius 2 is 1.76 bits per heavy atom. The maximum Gasteiger partial charge on any atom is 0.138 e. The molecule has 106 valence electrons. The average Bonchev–Trinajstić information content (AvgIpc) is 2.53. The third kappa shape index (κ3) is 2.88. The molecule has 3 aromatic rings. The zero-order valence-electron chi connectivity index (χ0n) is 11.9. The van der Waals surface area contributed by atoms with Crippen molar-refractivity contribution < 1.29 is 4.74 Å². The summed E-state index contributed by atoms with van der Waals surface area (Å²) in [6, 6.07) is 19.8. The highest BCUT2D eigenvalue weighted by Crippen LogP contribution is 2.29. The van der Waals surface area contributed by atoms with Crippen molar-refractivity contribution in [2.45, 2.75) is 19.1 Å². The number of pyridine rings is 1. The fourth-order valence-corrected chi connectivity index (χ4v) is 2.44. The van der Waals surface area contributed by atoms with Crippen molar-refractivity contribution in [3.63, 3.8) is 0 Å². The lowest BCUT2D eigenvalue weighted by molar-refractivity contribution is 0.183. The van der Waals surface area contributed by atoms with E-state index >= 15 is 0 Å². The quantitative estimate of drug-likeness (QED) is 0.791. The van der Waals surface area contributed by atoms with E-state index in [4.69, 9.17) is 10.5 Å². The van der Waals surface area contributed by atoms with Gasteiger partial charge in [-0.15, -0.1) is 0 Å². The van der Waals surface area contributed by atoms with E-state index in [9.17, 15) is 0 Å². The zero-order chi connectivity index (χ0) is 14.7. The monoisotopic (exact) mass is 278 g/mol. The molecule has 3 heteroatoms. The summed E-state index contributed by atoms with van der Waals surface area (Å²) in [6.45, 7) is 1.96. The molecule has 2 unspecified atom stereocenters. The van der Waals surface area contributed by atoms with Crippen LogP contribution in [-0.4, -0.2) is 11.0 Å². The van der Waals surface area contributed by atoms with Gasteiger partial charge in [-0.25, -0.2) is 0 Å². The van der Waals surface area contributed by atoms with Gasteiger partial charge in [0.2, 0.25) is 0 Å². The Morgan fingerprint density at radius 1 is 0.952 bits per heavy atom. The van der Waals surface area contributed by atoms with E-state index in [0.29, 0.717) is 0 Å². The Morgan fingerprint density at radius 3 is 2.52 bits per heavy atom. The number of ether oxygens (including phenoxy) is 1. The number of rotatable bonds is 4. The highest BCUT2D eigenvalue weighted by atomic mass is 16.5. The first-order valence-electron chi connectivity index (χ1n) is 7.06. The molecule has 0 fully saturated rings. The Kier molecular flexibility index (Phi) is 3.84. The molecule has 0 bridgehead atoms. The van der Waals surface area contributed by atoms with Crippen LogP contribution in [-0.2, 0) is 0 Å². The summed E-state index contributed by atoms with van der Waals surface area (Å²) in [4.78, 5) is 4.36. The van der Waals surface area contributed by atoms with Crippen LogP contribution in [0.2, 0.25) is 0 Å². The van der Waals surface area contributed by atoms with Gasteiger partial charge >= 0.3 is 0 Å². The smallest absolute Gasteiger partial charge is 0.138 e. The number of benzene rings is 2. The lowest BCUT2D eigenvalue weighted by Gasteiger charge is -2.23. The number of hydrogen-bond donors (Lipinski definition) is 1. The van der Waals surface area contributed by atoms with Crippen LogP contribution in [0.4, 0.5) is 0 Å². The fourth-order valence-electron chi connectivity index (χ4n) is 2.44. The van der Waals surface area contributed by atoms with Crippen molar-refractivity contribution in [3.05, 3.63) is 72.4 Å². The molecule has 0 radical (unpaired) electrons. The minimum atomic E-state index is -0.183. The van der Waals surface area contributed by atoms with E-state index in [-0.39, 0.29) is 12.1 Å². The topological polar surface area (TPSA) is 48.1 Å². The molecule has 2 aromatic carbocycles. The van der Waals surface area contributed by atoms with E-state index in [2.05, 4.69) is 4.98 Å². The first kappa shape index (κ1) is 13.6. The van der Waals surface area contributed by atoms with Crippen LogP contribution in [0.25, 0.3) is 10.9 Å². The van der Waals surface area contributed by atoms with Crippen LogP contribution >= 0.6 is 0 Å². The highest BCUT2D eigenvalue weighted by Gasteiger charge is 2.19. The minimum Gasteiger partial charge on any atom is -0.483 e. The molecule has 0 amide bonds. The molecule has 0 aliphatic rings. The Balaban J connectivity index is 1.99.